The fraction of sp³-hybridized carbons (Fsp3) is 0.111. The highest BCUT2D eigenvalue weighted by atomic mass is 16.5. The van der Waals surface area contributed by atoms with Gasteiger partial charge in [-0.3, -0.25) is 4.79 Å². The molecule has 0 atom stereocenters. The summed E-state index contributed by atoms with van der Waals surface area (Å²) >= 11 is 0. The standard InChI is InChI=1S/C9H10O4/c1-3-4-5-13-9(12)7(2)6-8(10)11/h3-5H,1-2,6H2,(H,10,11). The van der Waals surface area contributed by atoms with Gasteiger partial charge in [-0.2, -0.15) is 0 Å². The van der Waals surface area contributed by atoms with Gasteiger partial charge in [0.05, 0.1) is 12.7 Å². The van der Waals surface area contributed by atoms with Crippen LogP contribution in [0.2, 0.25) is 0 Å². The molecule has 13 heavy (non-hydrogen) atoms. The molecule has 0 fully saturated rings. The summed E-state index contributed by atoms with van der Waals surface area (Å²) in [5.41, 5.74) is -0.0961. The molecular formula is C9H10O4. The Morgan fingerprint density at radius 2 is 2.08 bits per heavy atom. The van der Waals surface area contributed by atoms with Crippen molar-refractivity contribution >= 4 is 11.9 Å². The molecule has 70 valence electrons. The molecule has 0 radical (unpaired) electrons. The van der Waals surface area contributed by atoms with Crippen molar-refractivity contribution in [2.24, 2.45) is 0 Å². The Morgan fingerprint density at radius 1 is 1.46 bits per heavy atom. The Morgan fingerprint density at radius 3 is 2.54 bits per heavy atom. The van der Waals surface area contributed by atoms with Crippen LogP contribution in [0, 0.1) is 0 Å². The van der Waals surface area contributed by atoms with Gasteiger partial charge in [0.1, 0.15) is 0 Å². The Balaban J connectivity index is 3.97. The Kier molecular flexibility index (Phi) is 4.95. The van der Waals surface area contributed by atoms with E-state index in [1.165, 1.54) is 12.2 Å². The summed E-state index contributed by atoms with van der Waals surface area (Å²) in [7, 11) is 0. The van der Waals surface area contributed by atoms with Crippen LogP contribution in [0.4, 0.5) is 0 Å². The maximum absolute atomic E-state index is 10.9. The molecule has 0 unspecified atom stereocenters. The van der Waals surface area contributed by atoms with E-state index in [1.807, 2.05) is 0 Å². The van der Waals surface area contributed by atoms with Gasteiger partial charge in [0.25, 0.3) is 0 Å². The maximum atomic E-state index is 10.9. The molecule has 0 amide bonds. The molecule has 0 saturated carbocycles. The average Bonchev–Trinajstić information content (AvgIpc) is 2.03. The molecule has 0 rings (SSSR count). The summed E-state index contributed by atoms with van der Waals surface area (Å²) in [5, 5.41) is 8.30. The minimum absolute atomic E-state index is 0.0961. The summed E-state index contributed by atoms with van der Waals surface area (Å²) in [6, 6.07) is 0. The molecule has 0 aromatic heterocycles. The highest BCUT2D eigenvalue weighted by Gasteiger charge is 2.10. The predicted molar refractivity (Wildman–Crippen MR) is 46.8 cm³/mol. The summed E-state index contributed by atoms with van der Waals surface area (Å²) in [4.78, 5) is 21.0. The Bertz CT molecular complexity index is 263. The molecule has 0 saturated heterocycles. The second kappa shape index (κ2) is 5.77. The van der Waals surface area contributed by atoms with Gasteiger partial charge in [-0.15, -0.1) is 0 Å². The van der Waals surface area contributed by atoms with Gasteiger partial charge in [0.15, 0.2) is 0 Å². The number of ether oxygens (including phenoxy) is 1. The van der Waals surface area contributed by atoms with E-state index in [-0.39, 0.29) is 5.57 Å². The molecule has 0 aromatic rings. The van der Waals surface area contributed by atoms with E-state index in [4.69, 9.17) is 5.11 Å². The fourth-order valence-electron chi connectivity index (χ4n) is 0.495. The summed E-state index contributed by atoms with van der Waals surface area (Å²) < 4.78 is 4.49. The Hall–Kier alpha value is -1.84. The number of esters is 1. The topological polar surface area (TPSA) is 63.6 Å². The van der Waals surface area contributed by atoms with Gasteiger partial charge >= 0.3 is 11.9 Å². The van der Waals surface area contributed by atoms with E-state index in [0.29, 0.717) is 0 Å². The molecule has 0 bridgehead atoms. The van der Waals surface area contributed by atoms with E-state index in [1.54, 1.807) is 0 Å². The van der Waals surface area contributed by atoms with Crippen LogP contribution in [0.15, 0.2) is 37.1 Å². The van der Waals surface area contributed by atoms with Gasteiger partial charge in [-0.1, -0.05) is 19.2 Å². The van der Waals surface area contributed by atoms with Gasteiger partial charge in [-0.05, 0) is 6.08 Å². The minimum atomic E-state index is -1.12. The molecule has 4 heteroatoms. The monoisotopic (exact) mass is 182 g/mol. The molecule has 0 aromatic carbocycles. The Labute approximate surface area is 75.8 Å². The normalized spacial score (nSPS) is 9.54. The smallest absolute Gasteiger partial charge is 0.338 e. The van der Waals surface area contributed by atoms with Crippen molar-refractivity contribution in [3.63, 3.8) is 0 Å². The van der Waals surface area contributed by atoms with Crippen molar-refractivity contribution in [3.05, 3.63) is 37.1 Å². The van der Waals surface area contributed by atoms with Gasteiger partial charge in [0, 0.05) is 5.57 Å². The average molecular weight is 182 g/mol. The summed E-state index contributed by atoms with van der Waals surface area (Å²) in [5.74, 6) is -1.87. The first kappa shape index (κ1) is 11.2. The zero-order valence-corrected chi connectivity index (χ0v) is 7.03. The number of hydrogen-bond donors (Lipinski definition) is 1. The molecule has 1 N–H and O–H groups in total. The second-order valence-corrected chi connectivity index (χ2v) is 2.14. The van der Waals surface area contributed by atoms with Gasteiger partial charge in [-0.25, -0.2) is 4.79 Å². The number of carbonyl (C=O) groups excluding carboxylic acids is 1. The van der Waals surface area contributed by atoms with Crippen LogP contribution in [0.5, 0.6) is 0 Å². The first-order valence-electron chi connectivity index (χ1n) is 3.46. The maximum Gasteiger partial charge on any atom is 0.338 e. The van der Waals surface area contributed by atoms with Crippen molar-refractivity contribution in [1.29, 1.82) is 0 Å². The number of allylic oxidation sites excluding steroid dienone is 2. The van der Waals surface area contributed by atoms with Crippen molar-refractivity contribution in [3.8, 4) is 0 Å². The number of aliphatic carboxylic acids is 1. The van der Waals surface area contributed by atoms with Crippen LogP contribution in [0.25, 0.3) is 0 Å². The lowest BCUT2D eigenvalue weighted by molar-refractivity contribution is -0.140. The third kappa shape index (κ3) is 5.43. The highest BCUT2D eigenvalue weighted by Crippen LogP contribution is 2.00. The predicted octanol–water partition coefficient (Wildman–Crippen LogP) is 1.26. The zero-order chi connectivity index (χ0) is 10.3. The van der Waals surface area contributed by atoms with Gasteiger partial charge < -0.3 is 9.84 Å². The molecule has 4 nitrogen and oxygen atoms in total. The van der Waals surface area contributed by atoms with Crippen LogP contribution < -0.4 is 0 Å². The number of rotatable bonds is 5. The van der Waals surface area contributed by atoms with E-state index >= 15 is 0 Å². The molecular weight excluding hydrogens is 172 g/mol. The summed E-state index contributed by atoms with van der Waals surface area (Å²) in [6.45, 7) is 6.61. The molecule has 0 spiro atoms. The van der Waals surface area contributed by atoms with Crippen LogP contribution in [0.1, 0.15) is 6.42 Å². The van der Waals surface area contributed by atoms with Crippen LogP contribution in [-0.4, -0.2) is 17.0 Å². The van der Waals surface area contributed by atoms with E-state index < -0.39 is 18.4 Å². The molecule has 0 aliphatic heterocycles. The van der Waals surface area contributed by atoms with Crippen molar-refractivity contribution in [2.75, 3.05) is 0 Å². The third-order valence-corrected chi connectivity index (χ3v) is 1.04. The summed E-state index contributed by atoms with van der Waals surface area (Å²) in [6.07, 6.45) is 3.53. The highest BCUT2D eigenvalue weighted by molar-refractivity contribution is 5.93. The largest absolute Gasteiger partial charge is 0.481 e. The van der Waals surface area contributed by atoms with Crippen LogP contribution in [-0.2, 0) is 14.3 Å². The van der Waals surface area contributed by atoms with E-state index in [0.717, 1.165) is 6.26 Å². The third-order valence-electron chi connectivity index (χ3n) is 1.04. The lowest BCUT2D eigenvalue weighted by Gasteiger charge is -1.98. The first-order chi connectivity index (χ1) is 6.07. The number of hydrogen-bond acceptors (Lipinski definition) is 3. The lowest BCUT2D eigenvalue weighted by Crippen LogP contribution is -2.07. The van der Waals surface area contributed by atoms with Crippen LogP contribution in [0.3, 0.4) is 0 Å². The minimum Gasteiger partial charge on any atom is -0.481 e. The van der Waals surface area contributed by atoms with Crippen molar-refractivity contribution in [1.82, 2.24) is 0 Å². The molecule has 0 heterocycles. The van der Waals surface area contributed by atoms with E-state index in [9.17, 15) is 9.59 Å². The molecule has 0 aliphatic carbocycles. The first-order valence-corrected chi connectivity index (χ1v) is 3.46. The second-order valence-electron chi connectivity index (χ2n) is 2.14. The molecule has 0 aliphatic rings. The van der Waals surface area contributed by atoms with E-state index in [2.05, 4.69) is 17.9 Å². The lowest BCUT2D eigenvalue weighted by atomic mass is 10.2. The number of carboxylic acids is 1. The van der Waals surface area contributed by atoms with Crippen molar-refractivity contribution < 1.29 is 19.4 Å². The number of carbonyl (C=O) groups is 2. The number of carboxylic acid groups (broad SMARTS) is 1. The quantitative estimate of drug-likeness (QED) is 0.301. The SMILES string of the molecule is C=CC=COC(=O)C(=C)CC(=O)O. The zero-order valence-electron chi connectivity index (χ0n) is 7.03. The van der Waals surface area contributed by atoms with Gasteiger partial charge in [0.2, 0.25) is 0 Å². The van der Waals surface area contributed by atoms with Crippen LogP contribution >= 0.6 is 0 Å². The van der Waals surface area contributed by atoms with Crippen molar-refractivity contribution in [2.45, 2.75) is 6.42 Å². The fourth-order valence-corrected chi connectivity index (χ4v) is 0.495.